The third-order valence-electron chi connectivity index (χ3n) is 3.12. The molecular formula is C15H16F2N4O. The van der Waals surface area contributed by atoms with Crippen molar-refractivity contribution in [1.82, 2.24) is 9.97 Å². The number of nitrogens with zero attached hydrogens (tertiary/aromatic N) is 3. The Kier molecular flexibility index (Phi) is 4.98. The highest BCUT2D eigenvalue weighted by molar-refractivity contribution is 6.03. The van der Waals surface area contributed by atoms with Gasteiger partial charge in [0.1, 0.15) is 0 Å². The quantitative estimate of drug-likeness (QED) is 0.923. The van der Waals surface area contributed by atoms with Crippen LogP contribution in [0.15, 0.2) is 30.6 Å². The summed E-state index contributed by atoms with van der Waals surface area (Å²) in [4.78, 5) is 22.2. The molecule has 5 nitrogen and oxygen atoms in total. The van der Waals surface area contributed by atoms with E-state index in [2.05, 4.69) is 15.3 Å². The van der Waals surface area contributed by atoms with Gasteiger partial charge in [-0.15, -0.1) is 0 Å². The van der Waals surface area contributed by atoms with E-state index < -0.39 is 17.5 Å². The lowest BCUT2D eigenvalue weighted by Gasteiger charge is -2.17. The molecule has 0 spiro atoms. The third-order valence-corrected chi connectivity index (χ3v) is 3.12. The maximum atomic E-state index is 13.1. The molecular weight excluding hydrogens is 290 g/mol. The van der Waals surface area contributed by atoms with Crippen molar-refractivity contribution in [2.24, 2.45) is 0 Å². The van der Waals surface area contributed by atoms with Crippen LogP contribution in [0.1, 0.15) is 24.2 Å². The van der Waals surface area contributed by atoms with Crippen LogP contribution >= 0.6 is 0 Å². The lowest BCUT2D eigenvalue weighted by atomic mass is 10.2. The topological polar surface area (TPSA) is 58.1 Å². The van der Waals surface area contributed by atoms with Gasteiger partial charge < -0.3 is 10.2 Å². The fourth-order valence-electron chi connectivity index (χ4n) is 1.89. The molecule has 0 saturated heterocycles. The zero-order chi connectivity index (χ0) is 16.1. The highest BCUT2D eigenvalue weighted by Crippen LogP contribution is 2.14. The SMILES string of the molecule is CCN(CC)c1ncc(C(=O)Nc2ccc(F)c(F)c2)cn1. The summed E-state index contributed by atoms with van der Waals surface area (Å²) in [7, 11) is 0. The first-order valence-corrected chi connectivity index (χ1v) is 6.88. The van der Waals surface area contributed by atoms with Crippen LogP contribution in [0.25, 0.3) is 0 Å². The van der Waals surface area contributed by atoms with Crippen LogP contribution in [-0.2, 0) is 0 Å². The second kappa shape index (κ2) is 6.93. The molecule has 0 unspecified atom stereocenters. The van der Waals surface area contributed by atoms with E-state index in [0.717, 1.165) is 25.2 Å². The zero-order valence-electron chi connectivity index (χ0n) is 12.3. The van der Waals surface area contributed by atoms with Crippen molar-refractivity contribution in [2.75, 3.05) is 23.3 Å². The molecule has 1 amide bonds. The summed E-state index contributed by atoms with van der Waals surface area (Å²) >= 11 is 0. The molecule has 1 heterocycles. The van der Waals surface area contributed by atoms with E-state index >= 15 is 0 Å². The van der Waals surface area contributed by atoms with Gasteiger partial charge in [-0.1, -0.05) is 0 Å². The van der Waals surface area contributed by atoms with Crippen molar-refractivity contribution in [1.29, 1.82) is 0 Å². The predicted molar refractivity (Wildman–Crippen MR) is 79.9 cm³/mol. The Morgan fingerprint density at radius 1 is 1.14 bits per heavy atom. The summed E-state index contributed by atoms with van der Waals surface area (Å²) in [6.07, 6.45) is 2.80. The number of hydrogen-bond acceptors (Lipinski definition) is 4. The minimum absolute atomic E-state index is 0.164. The molecule has 116 valence electrons. The van der Waals surface area contributed by atoms with E-state index in [1.807, 2.05) is 18.7 Å². The Hall–Kier alpha value is -2.57. The van der Waals surface area contributed by atoms with Crippen LogP contribution in [-0.4, -0.2) is 29.0 Å². The summed E-state index contributed by atoms with van der Waals surface area (Å²) in [6, 6.07) is 3.14. The van der Waals surface area contributed by atoms with E-state index in [1.165, 1.54) is 18.5 Å². The summed E-state index contributed by atoms with van der Waals surface area (Å²) < 4.78 is 25.9. The predicted octanol–water partition coefficient (Wildman–Crippen LogP) is 2.85. The number of halogens is 2. The molecule has 0 fully saturated rings. The molecule has 0 atom stereocenters. The molecule has 0 radical (unpaired) electrons. The number of aromatic nitrogens is 2. The van der Waals surface area contributed by atoms with Crippen molar-refractivity contribution < 1.29 is 13.6 Å². The van der Waals surface area contributed by atoms with Crippen LogP contribution in [0.5, 0.6) is 0 Å². The number of carbonyl (C=O) groups is 1. The summed E-state index contributed by atoms with van der Waals surface area (Å²) in [5, 5.41) is 2.46. The normalized spacial score (nSPS) is 10.4. The molecule has 0 bridgehead atoms. The first kappa shape index (κ1) is 15.8. The second-order valence-corrected chi connectivity index (χ2v) is 4.53. The molecule has 1 N–H and O–H groups in total. The largest absolute Gasteiger partial charge is 0.341 e. The number of rotatable bonds is 5. The second-order valence-electron chi connectivity index (χ2n) is 4.53. The summed E-state index contributed by atoms with van der Waals surface area (Å²) in [5.41, 5.74) is 0.400. The van der Waals surface area contributed by atoms with E-state index in [4.69, 9.17) is 0 Å². The fourth-order valence-corrected chi connectivity index (χ4v) is 1.89. The lowest BCUT2D eigenvalue weighted by Crippen LogP contribution is -2.24. The van der Waals surface area contributed by atoms with Gasteiger partial charge in [0.2, 0.25) is 5.95 Å². The van der Waals surface area contributed by atoms with Crippen molar-refractivity contribution in [3.63, 3.8) is 0 Å². The first-order chi connectivity index (χ1) is 10.5. The Labute approximate surface area is 127 Å². The highest BCUT2D eigenvalue weighted by atomic mass is 19.2. The number of carbonyl (C=O) groups excluding carboxylic acids is 1. The molecule has 7 heteroatoms. The molecule has 0 saturated carbocycles. The van der Waals surface area contributed by atoms with Crippen LogP contribution in [0.2, 0.25) is 0 Å². The smallest absolute Gasteiger partial charge is 0.258 e. The van der Waals surface area contributed by atoms with Crippen LogP contribution < -0.4 is 10.2 Å². The van der Waals surface area contributed by atoms with Crippen LogP contribution in [0.4, 0.5) is 20.4 Å². The summed E-state index contributed by atoms with van der Waals surface area (Å²) in [6.45, 7) is 5.49. The third kappa shape index (κ3) is 3.55. The molecule has 0 aliphatic carbocycles. The van der Waals surface area contributed by atoms with E-state index in [0.29, 0.717) is 5.95 Å². The molecule has 2 aromatic rings. The van der Waals surface area contributed by atoms with Gasteiger partial charge in [-0.05, 0) is 26.0 Å². The minimum Gasteiger partial charge on any atom is -0.341 e. The Balaban J connectivity index is 2.11. The lowest BCUT2D eigenvalue weighted by molar-refractivity contribution is 0.102. The minimum atomic E-state index is -1.02. The van der Waals surface area contributed by atoms with E-state index in [9.17, 15) is 13.6 Å². The molecule has 2 rings (SSSR count). The average molecular weight is 306 g/mol. The Morgan fingerprint density at radius 3 is 2.32 bits per heavy atom. The van der Waals surface area contributed by atoms with Gasteiger partial charge in [-0.25, -0.2) is 18.7 Å². The van der Waals surface area contributed by atoms with Gasteiger partial charge >= 0.3 is 0 Å². The van der Waals surface area contributed by atoms with E-state index in [-0.39, 0.29) is 11.3 Å². The monoisotopic (exact) mass is 306 g/mol. The van der Waals surface area contributed by atoms with Gasteiger partial charge in [0.25, 0.3) is 5.91 Å². The standard InChI is InChI=1S/C15H16F2N4O/c1-3-21(4-2)15-18-8-10(9-19-15)14(22)20-11-5-6-12(16)13(17)7-11/h5-9H,3-4H2,1-2H3,(H,20,22). The Morgan fingerprint density at radius 2 is 1.77 bits per heavy atom. The molecule has 22 heavy (non-hydrogen) atoms. The van der Waals surface area contributed by atoms with E-state index in [1.54, 1.807) is 0 Å². The number of amides is 1. The van der Waals surface area contributed by atoms with Crippen molar-refractivity contribution >= 4 is 17.5 Å². The van der Waals surface area contributed by atoms with Crippen LogP contribution in [0, 0.1) is 11.6 Å². The van der Waals surface area contributed by atoms with Crippen molar-refractivity contribution in [3.8, 4) is 0 Å². The van der Waals surface area contributed by atoms with Gasteiger partial charge in [0, 0.05) is 37.2 Å². The zero-order valence-corrected chi connectivity index (χ0v) is 12.3. The molecule has 0 aliphatic heterocycles. The molecule has 1 aromatic carbocycles. The first-order valence-electron chi connectivity index (χ1n) is 6.88. The average Bonchev–Trinajstić information content (AvgIpc) is 2.53. The molecule has 0 aliphatic rings. The van der Waals surface area contributed by atoms with Gasteiger partial charge in [0.15, 0.2) is 11.6 Å². The van der Waals surface area contributed by atoms with Gasteiger partial charge in [0.05, 0.1) is 5.56 Å². The van der Waals surface area contributed by atoms with Gasteiger partial charge in [-0.2, -0.15) is 0 Å². The van der Waals surface area contributed by atoms with Crippen molar-refractivity contribution in [2.45, 2.75) is 13.8 Å². The summed E-state index contributed by atoms with van der Waals surface area (Å²) in [5.74, 6) is -1.94. The molecule has 1 aromatic heterocycles. The fraction of sp³-hybridized carbons (Fsp3) is 0.267. The number of benzene rings is 1. The highest BCUT2D eigenvalue weighted by Gasteiger charge is 2.11. The maximum absolute atomic E-state index is 13.1. The van der Waals surface area contributed by atoms with Crippen molar-refractivity contribution in [3.05, 3.63) is 47.8 Å². The van der Waals surface area contributed by atoms with Gasteiger partial charge in [-0.3, -0.25) is 4.79 Å². The maximum Gasteiger partial charge on any atom is 0.258 e. The number of nitrogens with one attached hydrogen (secondary N) is 1. The van der Waals surface area contributed by atoms with Crippen LogP contribution in [0.3, 0.4) is 0 Å². The number of anilines is 2. The Bertz CT molecular complexity index is 657. The number of hydrogen-bond donors (Lipinski definition) is 1.